The number of ether oxygens (including phenoxy) is 1. The van der Waals surface area contributed by atoms with Gasteiger partial charge in [-0.25, -0.2) is 0 Å². The number of hydrogen-bond acceptors (Lipinski definition) is 2. The molecule has 0 unspecified atom stereocenters. The van der Waals surface area contributed by atoms with E-state index in [1.54, 1.807) is 7.11 Å². The second-order valence-corrected chi connectivity index (χ2v) is 5.60. The molecule has 0 aromatic heterocycles. The summed E-state index contributed by atoms with van der Waals surface area (Å²) < 4.78 is 6.84. The number of nitrogens with zero attached hydrogens (tertiary/aromatic N) is 2. The molecule has 18 heavy (non-hydrogen) atoms. The van der Waals surface area contributed by atoms with Crippen molar-refractivity contribution in [3.63, 3.8) is 0 Å². The summed E-state index contributed by atoms with van der Waals surface area (Å²) in [7, 11) is 1.76. The quantitative estimate of drug-likeness (QED) is 0.742. The molecule has 2 saturated heterocycles. The molecule has 2 aliphatic rings. The van der Waals surface area contributed by atoms with Gasteiger partial charge < -0.3 is 14.1 Å². The molecule has 1 spiro atoms. The molecule has 1 aromatic carbocycles. The van der Waals surface area contributed by atoms with Crippen LogP contribution in [0.15, 0.2) is 24.3 Å². The summed E-state index contributed by atoms with van der Waals surface area (Å²) in [4.78, 5) is 2.49. The summed E-state index contributed by atoms with van der Waals surface area (Å²) in [6.45, 7) is 7.75. The number of hydrogen-bond donors (Lipinski definition) is 0. The van der Waals surface area contributed by atoms with Crippen molar-refractivity contribution in [2.75, 3.05) is 51.3 Å². The van der Waals surface area contributed by atoms with Gasteiger partial charge in [0.1, 0.15) is 5.75 Å². The third kappa shape index (κ3) is 2.07. The normalized spacial score (nSPS) is 22.4. The Balaban J connectivity index is 1.72. The van der Waals surface area contributed by atoms with E-state index in [0.717, 1.165) is 5.75 Å². The summed E-state index contributed by atoms with van der Waals surface area (Å²) in [5, 5.41) is 0. The van der Waals surface area contributed by atoms with Gasteiger partial charge in [0.25, 0.3) is 0 Å². The number of piperazine rings is 1. The van der Waals surface area contributed by atoms with E-state index in [9.17, 15) is 0 Å². The second kappa shape index (κ2) is 4.81. The van der Waals surface area contributed by atoms with Crippen LogP contribution in [0.1, 0.15) is 12.8 Å². The van der Waals surface area contributed by atoms with Crippen LogP contribution in [-0.4, -0.2) is 50.9 Å². The predicted octanol–water partition coefficient (Wildman–Crippen LogP) is 2.13. The van der Waals surface area contributed by atoms with E-state index in [4.69, 9.17) is 4.74 Å². The third-order valence-electron chi connectivity index (χ3n) is 4.63. The van der Waals surface area contributed by atoms with Gasteiger partial charge in [0.2, 0.25) is 0 Å². The number of methoxy groups -OCH3 is 1. The molecule has 2 fully saturated rings. The van der Waals surface area contributed by atoms with E-state index in [2.05, 4.69) is 23.1 Å². The van der Waals surface area contributed by atoms with Crippen LogP contribution in [0.2, 0.25) is 0 Å². The third-order valence-corrected chi connectivity index (χ3v) is 4.63. The van der Waals surface area contributed by atoms with E-state index in [1.165, 1.54) is 62.3 Å². The molecule has 0 amide bonds. The van der Waals surface area contributed by atoms with Gasteiger partial charge in [-0.15, -0.1) is 0 Å². The zero-order chi connectivity index (χ0) is 12.4. The topological polar surface area (TPSA) is 12.5 Å². The molecular formula is C15H23N2O+. The minimum atomic E-state index is 1.01. The van der Waals surface area contributed by atoms with Gasteiger partial charge in [-0.3, -0.25) is 0 Å². The molecule has 0 N–H and O–H groups in total. The monoisotopic (exact) mass is 247 g/mol. The molecule has 0 aliphatic carbocycles. The fourth-order valence-corrected chi connectivity index (χ4v) is 3.47. The lowest BCUT2D eigenvalue weighted by atomic mass is 10.2. The maximum atomic E-state index is 5.47. The Morgan fingerprint density at radius 3 is 2.33 bits per heavy atom. The molecule has 3 heteroatoms. The largest absolute Gasteiger partial charge is 0.495 e. The van der Waals surface area contributed by atoms with Crippen molar-refractivity contribution >= 4 is 5.69 Å². The van der Waals surface area contributed by atoms with Gasteiger partial charge in [0.15, 0.2) is 0 Å². The summed E-state index contributed by atoms with van der Waals surface area (Å²) in [6, 6.07) is 8.38. The first-order valence-corrected chi connectivity index (χ1v) is 7.06. The number of rotatable bonds is 2. The zero-order valence-electron chi connectivity index (χ0n) is 11.3. The minimum absolute atomic E-state index is 1.01. The molecule has 1 aromatic rings. The Hall–Kier alpha value is -1.22. The van der Waals surface area contributed by atoms with Gasteiger partial charge >= 0.3 is 0 Å². The highest BCUT2D eigenvalue weighted by molar-refractivity contribution is 5.58. The van der Waals surface area contributed by atoms with E-state index < -0.39 is 0 Å². The first-order valence-electron chi connectivity index (χ1n) is 7.06. The second-order valence-electron chi connectivity index (χ2n) is 5.60. The van der Waals surface area contributed by atoms with Crippen molar-refractivity contribution in [2.45, 2.75) is 12.8 Å². The number of benzene rings is 1. The molecule has 3 rings (SSSR count). The molecule has 3 nitrogen and oxygen atoms in total. The molecule has 2 heterocycles. The first kappa shape index (κ1) is 11.8. The van der Waals surface area contributed by atoms with Crippen LogP contribution in [0.3, 0.4) is 0 Å². The van der Waals surface area contributed by atoms with Crippen LogP contribution in [-0.2, 0) is 0 Å². The molecule has 0 radical (unpaired) electrons. The van der Waals surface area contributed by atoms with E-state index >= 15 is 0 Å². The van der Waals surface area contributed by atoms with Crippen molar-refractivity contribution in [1.82, 2.24) is 0 Å². The van der Waals surface area contributed by atoms with E-state index in [1.807, 2.05) is 6.07 Å². The van der Waals surface area contributed by atoms with Gasteiger partial charge in [0, 0.05) is 12.8 Å². The van der Waals surface area contributed by atoms with Gasteiger partial charge in [-0.1, -0.05) is 12.1 Å². The summed E-state index contributed by atoms with van der Waals surface area (Å²) in [6.07, 6.45) is 2.85. The van der Waals surface area contributed by atoms with Gasteiger partial charge in [0.05, 0.1) is 52.1 Å². The number of quaternary nitrogens is 1. The molecule has 2 aliphatic heterocycles. The van der Waals surface area contributed by atoms with Crippen LogP contribution in [0.4, 0.5) is 5.69 Å². The predicted molar refractivity (Wildman–Crippen MR) is 74.2 cm³/mol. The Labute approximate surface area is 110 Å². The first-order chi connectivity index (χ1) is 8.83. The molecule has 0 saturated carbocycles. The molecule has 98 valence electrons. The lowest BCUT2D eigenvalue weighted by Crippen LogP contribution is -2.58. The SMILES string of the molecule is COc1ccccc1N1CC[N+]2(CCCC2)CC1. The van der Waals surface area contributed by atoms with Crippen molar-refractivity contribution < 1.29 is 9.22 Å². The van der Waals surface area contributed by atoms with Crippen molar-refractivity contribution in [1.29, 1.82) is 0 Å². The number of para-hydroxylation sites is 2. The van der Waals surface area contributed by atoms with Crippen LogP contribution < -0.4 is 9.64 Å². The fourth-order valence-electron chi connectivity index (χ4n) is 3.47. The standard InChI is InChI=1S/C15H23N2O/c1-18-15-7-3-2-6-14(15)16-8-12-17(13-9-16)10-4-5-11-17/h2-3,6-7H,4-5,8-13H2,1H3/q+1. The van der Waals surface area contributed by atoms with Crippen molar-refractivity contribution in [3.8, 4) is 5.75 Å². The van der Waals surface area contributed by atoms with E-state index in [0.29, 0.717) is 0 Å². The minimum Gasteiger partial charge on any atom is -0.495 e. The Morgan fingerprint density at radius 2 is 1.67 bits per heavy atom. The van der Waals surface area contributed by atoms with Gasteiger partial charge in [-0.2, -0.15) is 0 Å². The highest BCUT2D eigenvalue weighted by Crippen LogP contribution is 2.30. The van der Waals surface area contributed by atoms with Gasteiger partial charge in [-0.05, 0) is 12.1 Å². The zero-order valence-corrected chi connectivity index (χ0v) is 11.3. The summed E-state index contributed by atoms with van der Waals surface area (Å²) in [5.74, 6) is 1.01. The smallest absolute Gasteiger partial charge is 0.142 e. The van der Waals surface area contributed by atoms with Crippen LogP contribution in [0, 0.1) is 0 Å². The molecular weight excluding hydrogens is 224 g/mol. The summed E-state index contributed by atoms with van der Waals surface area (Å²) >= 11 is 0. The Kier molecular flexibility index (Phi) is 3.16. The van der Waals surface area contributed by atoms with Crippen molar-refractivity contribution in [2.24, 2.45) is 0 Å². The van der Waals surface area contributed by atoms with Crippen LogP contribution in [0.25, 0.3) is 0 Å². The average Bonchev–Trinajstić information content (AvgIpc) is 2.88. The highest BCUT2D eigenvalue weighted by atomic mass is 16.5. The fraction of sp³-hybridized carbons (Fsp3) is 0.600. The molecule has 0 atom stereocenters. The van der Waals surface area contributed by atoms with Crippen LogP contribution >= 0.6 is 0 Å². The van der Waals surface area contributed by atoms with Crippen molar-refractivity contribution in [3.05, 3.63) is 24.3 Å². The highest BCUT2D eigenvalue weighted by Gasteiger charge is 2.36. The number of anilines is 1. The maximum Gasteiger partial charge on any atom is 0.142 e. The lowest BCUT2D eigenvalue weighted by Gasteiger charge is -2.43. The summed E-state index contributed by atoms with van der Waals surface area (Å²) in [5.41, 5.74) is 1.26. The average molecular weight is 247 g/mol. The van der Waals surface area contributed by atoms with Crippen LogP contribution in [0.5, 0.6) is 5.75 Å². The van der Waals surface area contributed by atoms with E-state index in [-0.39, 0.29) is 0 Å². The Morgan fingerprint density at radius 1 is 1.00 bits per heavy atom. The molecule has 0 bridgehead atoms. The lowest BCUT2D eigenvalue weighted by molar-refractivity contribution is -0.917. The Bertz CT molecular complexity index is 403. The maximum absolute atomic E-state index is 5.47.